The van der Waals surface area contributed by atoms with Crippen molar-refractivity contribution in [2.45, 2.75) is 51.1 Å². The highest BCUT2D eigenvalue weighted by molar-refractivity contribution is 7.17. The van der Waals surface area contributed by atoms with Crippen LogP contribution in [0.25, 0.3) is 10.2 Å². The quantitative estimate of drug-likeness (QED) is 0.689. The second-order valence-electron chi connectivity index (χ2n) is 8.64. The average molecular weight is 501 g/mol. The normalized spacial score (nSPS) is 22.2. The molecule has 2 atom stereocenters. The highest BCUT2D eigenvalue weighted by atomic mass is 32.1. The molecule has 0 bridgehead atoms. The van der Waals surface area contributed by atoms with Crippen molar-refractivity contribution in [2.24, 2.45) is 0 Å². The Bertz CT molecular complexity index is 1060. The molecule has 2 aliphatic rings. The van der Waals surface area contributed by atoms with Crippen molar-refractivity contribution in [3.63, 3.8) is 0 Å². The van der Waals surface area contributed by atoms with Gasteiger partial charge in [0.1, 0.15) is 11.9 Å². The number of morpholine rings is 1. The molecule has 0 saturated carbocycles. The zero-order valence-electron chi connectivity index (χ0n) is 19.1. The number of alkyl halides is 3. The minimum absolute atomic E-state index is 0.0398. The van der Waals surface area contributed by atoms with Gasteiger partial charge in [0, 0.05) is 38.4 Å². The molecule has 0 spiro atoms. The molecular formula is C22H27F3N4O4S. The van der Waals surface area contributed by atoms with Gasteiger partial charge in [0.2, 0.25) is 0 Å². The largest absolute Gasteiger partial charge is 0.446 e. The third-order valence-electron chi connectivity index (χ3n) is 6.20. The van der Waals surface area contributed by atoms with E-state index >= 15 is 0 Å². The van der Waals surface area contributed by atoms with Crippen molar-refractivity contribution in [3.8, 4) is 0 Å². The van der Waals surface area contributed by atoms with Gasteiger partial charge in [0.25, 0.3) is 5.91 Å². The van der Waals surface area contributed by atoms with Crippen LogP contribution in [-0.4, -0.2) is 73.4 Å². The minimum Gasteiger partial charge on any atom is -0.446 e. The second-order valence-corrected chi connectivity index (χ2v) is 9.52. The van der Waals surface area contributed by atoms with Gasteiger partial charge in [-0.3, -0.25) is 9.69 Å². The summed E-state index contributed by atoms with van der Waals surface area (Å²) in [6.07, 6.45) is -4.38. The number of nitrogens with one attached hydrogen (secondary N) is 1. The Kier molecular flexibility index (Phi) is 6.90. The third kappa shape index (κ3) is 4.78. The summed E-state index contributed by atoms with van der Waals surface area (Å²) in [5.74, 6) is -0.329. The van der Waals surface area contributed by atoms with Crippen molar-refractivity contribution >= 4 is 39.4 Å². The van der Waals surface area contributed by atoms with E-state index in [1.165, 1.54) is 12.4 Å². The highest BCUT2D eigenvalue weighted by Crippen LogP contribution is 2.40. The van der Waals surface area contributed by atoms with Gasteiger partial charge in [-0.15, -0.1) is 11.3 Å². The van der Waals surface area contributed by atoms with E-state index in [1.54, 1.807) is 9.80 Å². The van der Waals surface area contributed by atoms with Crippen LogP contribution in [0.5, 0.6) is 0 Å². The van der Waals surface area contributed by atoms with Crippen molar-refractivity contribution in [3.05, 3.63) is 22.6 Å². The highest BCUT2D eigenvalue weighted by Gasteiger charge is 2.37. The van der Waals surface area contributed by atoms with Crippen LogP contribution in [0.4, 0.5) is 23.8 Å². The molecule has 4 heterocycles. The van der Waals surface area contributed by atoms with Crippen molar-refractivity contribution in [2.75, 3.05) is 38.3 Å². The second kappa shape index (κ2) is 9.57. The van der Waals surface area contributed by atoms with Crippen LogP contribution < -0.4 is 10.2 Å². The number of hydrogen-bond donors (Lipinski definition) is 1. The van der Waals surface area contributed by atoms with Crippen LogP contribution in [0, 0.1) is 0 Å². The summed E-state index contributed by atoms with van der Waals surface area (Å²) in [5.41, 5.74) is -0.651. The van der Waals surface area contributed by atoms with Crippen LogP contribution in [-0.2, 0) is 15.7 Å². The maximum atomic E-state index is 13.8. The molecule has 2 aromatic rings. The summed E-state index contributed by atoms with van der Waals surface area (Å²) < 4.78 is 52.5. The number of carbonyl (C=O) groups excluding carboxylic acids is 2. The van der Waals surface area contributed by atoms with Gasteiger partial charge in [0.15, 0.2) is 0 Å². The van der Waals surface area contributed by atoms with Gasteiger partial charge in [-0.05, 0) is 19.9 Å². The number of pyridine rings is 1. The molecule has 12 heteroatoms. The van der Waals surface area contributed by atoms with Gasteiger partial charge in [-0.2, -0.15) is 13.2 Å². The maximum Gasteiger partial charge on any atom is 0.417 e. The van der Waals surface area contributed by atoms with E-state index in [0.717, 1.165) is 17.4 Å². The molecule has 4 rings (SSSR count). The van der Waals surface area contributed by atoms with E-state index in [-0.39, 0.29) is 39.8 Å². The Balaban J connectivity index is 1.50. The van der Waals surface area contributed by atoms with Crippen LogP contribution in [0.1, 0.15) is 42.6 Å². The molecule has 0 unspecified atom stereocenters. The van der Waals surface area contributed by atoms with Crippen molar-refractivity contribution in [1.29, 1.82) is 0 Å². The lowest BCUT2D eigenvalue weighted by Crippen LogP contribution is -2.53. The number of halogens is 3. The Morgan fingerprint density at radius 1 is 1.21 bits per heavy atom. The minimum atomic E-state index is -4.58. The molecule has 2 fully saturated rings. The van der Waals surface area contributed by atoms with E-state index in [0.29, 0.717) is 39.1 Å². The number of carbonyl (C=O) groups is 2. The van der Waals surface area contributed by atoms with Crippen molar-refractivity contribution in [1.82, 2.24) is 15.2 Å². The van der Waals surface area contributed by atoms with Gasteiger partial charge in [0.05, 0.1) is 46.6 Å². The number of piperidine rings is 1. The van der Waals surface area contributed by atoms with Crippen LogP contribution >= 0.6 is 11.3 Å². The standard InChI is InChI=1S/C22H27F3N4O4S/c1-12-9-32-10-13(2)29(12)21(31)33-14-4-6-28(7-5-14)17-8-16(22(23,24)25)19-18(27-17)15(11-34-19)20(30)26-3/h8,11-14H,4-7,9-10H2,1-3H3,(H,26,30)/t12-,13-/m0/s1. The number of thiophene rings is 1. The van der Waals surface area contributed by atoms with Gasteiger partial charge >= 0.3 is 12.3 Å². The monoisotopic (exact) mass is 500 g/mol. The predicted octanol–water partition coefficient (Wildman–Crippen LogP) is 3.89. The molecular weight excluding hydrogens is 473 g/mol. The van der Waals surface area contributed by atoms with E-state index in [4.69, 9.17) is 9.47 Å². The molecule has 186 valence electrons. The summed E-state index contributed by atoms with van der Waals surface area (Å²) >= 11 is 0.855. The molecule has 8 nitrogen and oxygen atoms in total. The number of amides is 2. The zero-order chi connectivity index (χ0) is 24.6. The number of anilines is 1. The first-order valence-corrected chi connectivity index (χ1v) is 12.0. The van der Waals surface area contributed by atoms with Crippen LogP contribution in [0.2, 0.25) is 0 Å². The molecule has 2 amide bonds. The number of hydrogen-bond acceptors (Lipinski definition) is 7. The number of nitrogens with zero attached hydrogens (tertiary/aromatic N) is 3. The summed E-state index contributed by atoms with van der Waals surface area (Å²) in [7, 11) is 1.42. The summed E-state index contributed by atoms with van der Waals surface area (Å²) in [6, 6.07) is 0.858. The average Bonchev–Trinajstić information content (AvgIpc) is 3.21. The Morgan fingerprint density at radius 2 is 1.85 bits per heavy atom. The van der Waals surface area contributed by atoms with E-state index in [2.05, 4.69) is 10.3 Å². The molecule has 0 aromatic carbocycles. The molecule has 0 aliphatic carbocycles. The van der Waals surface area contributed by atoms with Gasteiger partial charge < -0.3 is 19.7 Å². The fraction of sp³-hybridized carbons (Fsp3) is 0.591. The number of fused-ring (bicyclic) bond motifs is 1. The Morgan fingerprint density at radius 3 is 2.44 bits per heavy atom. The maximum absolute atomic E-state index is 13.8. The number of rotatable bonds is 3. The lowest BCUT2D eigenvalue weighted by Gasteiger charge is -2.39. The van der Waals surface area contributed by atoms with E-state index in [1.807, 2.05) is 13.8 Å². The Labute approximate surface area is 199 Å². The first kappa shape index (κ1) is 24.5. The topological polar surface area (TPSA) is 84.0 Å². The van der Waals surface area contributed by atoms with Gasteiger partial charge in [-0.25, -0.2) is 9.78 Å². The summed E-state index contributed by atoms with van der Waals surface area (Å²) in [5, 5.41) is 3.84. The van der Waals surface area contributed by atoms with Gasteiger partial charge in [-0.1, -0.05) is 0 Å². The van der Waals surface area contributed by atoms with Crippen LogP contribution in [0.15, 0.2) is 11.4 Å². The molecule has 1 N–H and O–H groups in total. The Hall–Kier alpha value is -2.60. The number of aromatic nitrogens is 1. The van der Waals surface area contributed by atoms with E-state index < -0.39 is 23.7 Å². The van der Waals surface area contributed by atoms with E-state index in [9.17, 15) is 22.8 Å². The lowest BCUT2D eigenvalue weighted by atomic mass is 10.1. The molecule has 34 heavy (non-hydrogen) atoms. The third-order valence-corrected chi connectivity index (χ3v) is 7.20. The lowest BCUT2D eigenvalue weighted by molar-refractivity contribution is -0.136. The molecule has 2 aliphatic heterocycles. The molecule has 2 aromatic heterocycles. The zero-order valence-corrected chi connectivity index (χ0v) is 20.0. The van der Waals surface area contributed by atoms with Crippen molar-refractivity contribution < 1.29 is 32.2 Å². The fourth-order valence-corrected chi connectivity index (χ4v) is 5.46. The smallest absolute Gasteiger partial charge is 0.417 e. The first-order valence-electron chi connectivity index (χ1n) is 11.1. The molecule has 2 saturated heterocycles. The fourth-order valence-electron chi connectivity index (χ4n) is 4.43. The first-order chi connectivity index (χ1) is 16.1. The number of ether oxygens (including phenoxy) is 2. The molecule has 0 radical (unpaired) electrons. The predicted molar refractivity (Wildman–Crippen MR) is 121 cm³/mol. The van der Waals surface area contributed by atoms with Crippen LogP contribution in [0.3, 0.4) is 0 Å². The SMILES string of the molecule is CNC(=O)c1csc2c(C(F)(F)F)cc(N3CCC(OC(=O)N4[C@@H](C)COC[C@@H]4C)CC3)nc12. The summed E-state index contributed by atoms with van der Waals surface area (Å²) in [4.78, 5) is 32.7. The summed E-state index contributed by atoms with van der Waals surface area (Å²) in [6.45, 7) is 5.46.